The minimum Gasteiger partial charge on any atom is -0.480 e. The first kappa shape index (κ1) is 16.9. The summed E-state index contributed by atoms with van der Waals surface area (Å²) in [4.78, 5) is 30.7. The van der Waals surface area contributed by atoms with Gasteiger partial charge in [0.15, 0.2) is 11.5 Å². The van der Waals surface area contributed by atoms with E-state index in [0.29, 0.717) is 18.2 Å². The lowest BCUT2D eigenvalue weighted by molar-refractivity contribution is 0.0926. The number of nitrogens with zero attached hydrogens (tertiary/aromatic N) is 5. The summed E-state index contributed by atoms with van der Waals surface area (Å²) in [5.41, 5.74) is 0.0853. The summed E-state index contributed by atoms with van der Waals surface area (Å²) in [7, 11) is 3.18. The van der Waals surface area contributed by atoms with Gasteiger partial charge in [-0.25, -0.2) is 4.98 Å². The molecule has 0 saturated carbocycles. The molecule has 25 heavy (non-hydrogen) atoms. The molecule has 1 saturated heterocycles. The molecule has 1 N–H and O–H groups in total. The molecule has 132 valence electrons. The molecule has 2 aromatic heterocycles. The van der Waals surface area contributed by atoms with E-state index in [4.69, 9.17) is 4.74 Å². The lowest BCUT2D eigenvalue weighted by atomic mass is 10.1. The van der Waals surface area contributed by atoms with E-state index in [0.717, 1.165) is 19.4 Å². The molecule has 3 rings (SSSR count). The van der Waals surface area contributed by atoms with Crippen molar-refractivity contribution in [3.63, 3.8) is 0 Å². The van der Waals surface area contributed by atoms with Crippen LogP contribution in [0.2, 0.25) is 0 Å². The molecule has 9 nitrogen and oxygen atoms in total. The molecule has 1 atom stereocenters. The third-order valence-electron chi connectivity index (χ3n) is 4.14. The number of piperidine rings is 1. The van der Waals surface area contributed by atoms with Gasteiger partial charge in [-0.3, -0.25) is 9.59 Å². The average molecular weight is 344 g/mol. The Morgan fingerprint density at radius 1 is 1.36 bits per heavy atom. The highest BCUT2D eigenvalue weighted by Crippen LogP contribution is 2.15. The van der Waals surface area contributed by atoms with Gasteiger partial charge in [0.2, 0.25) is 5.88 Å². The van der Waals surface area contributed by atoms with E-state index in [1.807, 2.05) is 4.90 Å². The third-order valence-corrected chi connectivity index (χ3v) is 4.14. The fourth-order valence-electron chi connectivity index (χ4n) is 2.80. The average Bonchev–Trinajstić information content (AvgIpc) is 2.64. The molecule has 9 heteroatoms. The van der Waals surface area contributed by atoms with Crippen molar-refractivity contribution < 1.29 is 9.53 Å². The molecule has 1 fully saturated rings. The topological polar surface area (TPSA) is 102 Å². The van der Waals surface area contributed by atoms with E-state index in [9.17, 15) is 9.59 Å². The number of nitrogens with one attached hydrogen (secondary N) is 1. The summed E-state index contributed by atoms with van der Waals surface area (Å²) in [5.74, 6) is 0.468. The molecule has 0 aliphatic carbocycles. The number of hydrogen-bond donors (Lipinski definition) is 1. The molecule has 0 spiro atoms. The molecule has 1 aliphatic heterocycles. The Morgan fingerprint density at radius 3 is 2.92 bits per heavy atom. The van der Waals surface area contributed by atoms with Gasteiger partial charge in [-0.05, 0) is 18.9 Å². The van der Waals surface area contributed by atoms with Crippen molar-refractivity contribution >= 4 is 11.7 Å². The van der Waals surface area contributed by atoms with E-state index >= 15 is 0 Å². The Labute approximate surface area is 144 Å². The third kappa shape index (κ3) is 3.76. The van der Waals surface area contributed by atoms with Crippen molar-refractivity contribution in [2.75, 3.05) is 25.1 Å². The van der Waals surface area contributed by atoms with E-state index in [1.54, 1.807) is 31.6 Å². The highest BCUT2D eigenvalue weighted by molar-refractivity contribution is 5.92. The van der Waals surface area contributed by atoms with Crippen LogP contribution in [0.5, 0.6) is 5.88 Å². The normalized spacial score (nSPS) is 17.2. The second-order valence-electron chi connectivity index (χ2n) is 5.89. The van der Waals surface area contributed by atoms with Gasteiger partial charge in [-0.2, -0.15) is 0 Å². The van der Waals surface area contributed by atoms with Crippen LogP contribution < -0.4 is 20.5 Å². The second-order valence-corrected chi connectivity index (χ2v) is 5.89. The Hall–Kier alpha value is -2.97. The lowest BCUT2D eigenvalue weighted by Crippen LogP contribution is -2.49. The van der Waals surface area contributed by atoms with Crippen molar-refractivity contribution in [1.29, 1.82) is 0 Å². The van der Waals surface area contributed by atoms with Gasteiger partial charge in [-0.1, -0.05) is 0 Å². The summed E-state index contributed by atoms with van der Waals surface area (Å²) in [6.45, 7) is 1.27. The van der Waals surface area contributed by atoms with Crippen molar-refractivity contribution in [3.05, 3.63) is 40.6 Å². The second kappa shape index (κ2) is 7.29. The highest BCUT2D eigenvalue weighted by Gasteiger charge is 2.25. The maximum atomic E-state index is 12.3. The molecule has 2 aromatic rings. The molecular formula is C16H20N6O3. The number of methoxy groups -OCH3 is 1. The number of carbonyl (C=O) groups excluding carboxylic acids is 1. The molecule has 0 unspecified atom stereocenters. The Balaban J connectivity index is 1.68. The zero-order valence-electron chi connectivity index (χ0n) is 14.2. The number of carbonyl (C=O) groups is 1. The van der Waals surface area contributed by atoms with Crippen LogP contribution in [0.1, 0.15) is 23.3 Å². The number of anilines is 1. The number of hydrogen-bond acceptors (Lipinski definition) is 7. The standard InChI is InChI=1S/C16H20N6O3/c1-21-9-7-17-14(16(21)24)22-8-3-4-11(10-22)18-15(23)12-5-6-13(25-2)20-19-12/h5-7,9,11H,3-4,8,10H2,1-2H3,(H,18,23)/t11-/m0/s1. The zero-order chi connectivity index (χ0) is 17.8. The van der Waals surface area contributed by atoms with Crippen molar-refractivity contribution in [2.24, 2.45) is 7.05 Å². The number of amides is 1. The van der Waals surface area contributed by atoms with Crippen molar-refractivity contribution in [1.82, 2.24) is 25.1 Å². The number of ether oxygens (including phenoxy) is 1. The Morgan fingerprint density at radius 2 is 2.20 bits per heavy atom. The molecule has 1 aliphatic rings. The SMILES string of the molecule is COc1ccc(C(=O)N[C@H]2CCCN(c3nccn(C)c3=O)C2)nn1. The van der Waals surface area contributed by atoms with Crippen LogP contribution in [0, 0.1) is 0 Å². The minimum atomic E-state index is -0.295. The summed E-state index contributed by atoms with van der Waals surface area (Å²) in [6, 6.07) is 3.07. The van der Waals surface area contributed by atoms with Gasteiger partial charge in [-0.15, -0.1) is 10.2 Å². The molecular weight excluding hydrogens is 324 g/mol. The van der Waals surface area contributed by atoms with Crippen LogP contribution in [-0.2, 0) is 7.05 Å². The monoisotopic (exact) mass is 344 g/mol. The van der Waals surface area contributed by atoms with Crippen molar-refractivity contribution in [2.45, 2.75) is 18.9 Å². The maximum absolute atomic E-state index is 12.3. The van der Waals surface area contributed by atoms with Gasteiger partial charge < -0.3 is 19.5 Å². The first-order valence-corrected chi connectivity index (χ1v) is 8.03. The summed E-state index contributed by atoms with van der Waals surface area (Å²) in [6.07, 6.45) is 4.92. The number of aromatic nitrogens is 4. The quantitative estimate of drug-likeness (QED) is 0.831. The van der Waals surface area contributed by atoms with E-state index in [2.05, 4.69) is 20.5 Å². The van der Waals surface area contributed by atoms with Gasteiger partial charge in [0.05, 0.1) is 7.11 Å². The van der Waals surface area contributed by atoms with E-state index < -0.39 is 0 Å². The van der Waals surface area contributed by atoms with Crippen LogP contribution in [-0.4, -0.2) is 51.9 Å². The maximum Gasteiger partial charge on any atom is 0.293 e. The van der Waals surface area contributed by atoms with Crippen LogP contribution in [0.25, 0.3) is 0 Å². The smallest absolute Gasteiger partial charge is 0.293 e. The van der Waals surface area contributed by atoms with Gasteiger partial charge in [0.1, 0.15) is 0 Å². The van der Waals surface area contributed by atoms with Crippen LogP contribution in [0.4, 0.5) is 5.82 Å². The summed E-state index contributed by atoms with van der Waals surface area (Å²) >= 11 is 0. The van der Waals surface area contributed by atoms with E-state index in [1.165, 1.54) is 11.7 Å². The Bertz CT molecular complexity index is 804. The molecule has 0 radical (unpaired) electrons. The van der Waals surface area contributed by atoms with Crippen LogP contribution in [0.15, 0.2) is 29.3 Å². The first-order valence-electron chi connectivity index (χ1n) is 8.03. The largest absolute Gasteiger partial charge is 0.480 e. The molecule has 3 heterocycles. The summed E-state index contributed by atoms with van der Waals surface area (Å²) < 4.78 is 6.43. The minimum absolute atomic E-state index is 0.0862. The van der Waals surface area contributed by atoms with Gasteiger partial charge in [0, 0.05) is 44.6 Å². The van der Waals surface area contributed by atoms with Gasteiger partial charge >= 0.3 is 0 Å². The fourth-order valence-corrected chi connectivity index (χ4v) is 2.80. The van der Waals surface area contributed by atoms with Crippen LogP contribution in [0.3, 0.4) is 0 Å². The molecule has 1 amide bonds. The van der Waals surface area contributed by atoms with Crippen molar-refractivity contribution in [3.8, 4) is 5.88 Å². The lowest BCUT2D eigenvalue weighted by Gasteiger charge is -2.33. The number of aryl methyl sites for hydroxylation is 1. The Kier molecular flexibility index (Phi) is 4.92. The molecule has 0 aromatic carbocycles. The first-order chi connectivity index (χ1) is 12.1. The zero-order valence-corrected chi connectivity index (χ0v) is 14.2. The fraction of sp³-hybridized carbons (Fsp3) is 0.438. The number of rotatable bonds is 4. The van der Waals surface area contributed by atoms with E-state index in [-0.39, 0.29) is 23.2 Å². The highest BCUT2D eigenvalue weighted by atomic mass is 16.5. The van der Waals surface area contributed by atoms with Crippen LogP contribution >= 0.6 is 0 Å². The summed E-state index contributed by atoms with van der Waals surface area (Å²) in [5, 5.41) is 10.6. The van der Waals surface area contributed by atoms with Gasteiger partial charge in [0.25, 0.3) is 11.5 Å². The molecule has 0 bridgehead atoms. The predicted molar refractivity (Wildman–Crippen MR) is 90.8 cm³/mol. The predicted octanol–water partition coefficient (Wildman–Crippen LogP) is -0.0223.